The lowest BCUT2D eigenvalue weighted by atomic mass is 10.1. The van der Waals surface area contributed by atoms with E-state index in [0.717, 1.165) is 0 Å². The Morgan fingerprint density at radius 3 is 2.78 bits per heavy atom. The second kappa shape index (κ2) is 4.07. The molecule has 0 atom stereocenters. The first-order valence-electron chi connectivity index (χ1n) is 5.48. The number of benzene rings is 1. The fourth-order valence-electron chi connectivity index (χ4n) is 1.85. The fraction of sp³-hybridized carbons (Fsp3) is 0. The molecule has 2 heterocycles. The molecule has 0 unspecified atom stereocenters. The lowest BCUT2D eigenvalue weighted by Crippen LogP contribution is -2.13. The van der Waals surface area contributed by atoms with E-state index < -0.39 is 0 Å². The van der Waals surface area contributed by atoms with Gasteiger partial charge >= 0.3 is 0 Å². The smallest absolute Gasteiger partial charge is 0.258 e. The predicted molar refractivity (Wildman–Crippen MR) is 66.9 cm³/mol. The molecule has 3 aromatic rings. The monoisotopic (exact) mass is 240 g/mol. The van der Waals surface area contributed by atoms with Crippen molar-refractivity contribution >= 4 is 5.65 Å². The highest BCUT2D eigenvalue weighted by molar-refractivity contribution is 5.61. The summed E-state index contributed by atoms with van der Waals surface area (Å²) in [5, 5.41) is 0. The topological polar surface area (TPSA) is 34.4 Å². The van der Waals surface area contributed by atoms with E-state index in [1.807, 2.05) is 0 Å². The Hall–Kier alpha value is -2.49. The van der Waals surface area contributed by atoms with Crippen molar-refractivity contribution in [3.8, 4) is 11.3 Å². The molecule has 0 amide bonds. The number of fused-ring (bicyclic) bond motifs is 1. The molecule has 4 heteroatoms. The van der Waals surface area contributed by atoms with Gasteiger partial charge in [-0.05, 0) is 24.3 Å². The van der Waals surface area contributed by atoms with Crippen molar-refractivity contribution in [2.75, 3.05) is 0 Å². The van der Waals surface area contributed by atoms with Crippen molar-refractivity contribution in [3.63, 3.8) is 0 Å². The van der Waals surface area contributed by atoms with Crippen LogP contribution in [0.5, 0.6) is 0 Å². The van der Waals surface area contributed by atoms with Crippen molar-refractivity contribution in [2.24, 2.45) is 0 Å². The Morgan fingerprint density at radius 1 is 1.06 bits per heavy atom. The Bertz CT molecular complexity index is 780. The van der Waals surface area contributed by atoms with E-state index in [2.05, 4.69) is 4.98 Å². The van der Waals surface area contributed by atoms with Gasteiger partial charge in [0, 0.05) is 17.8 Å². The Kier molecular flexibility index (Phi) is 2.41. The van der Waals surface area contributed by atoms with Crippen LogP contribution in [0.3, 0.4) is 0 Å². The Balaban J connectivity index is 2.28. The molecule has 0 saturated heterocycles. The first-order valence-corrected chi connectivity index (χ1v) is 5.48. The molecular formula is C14H9FN2O. The summed E-state index contributed by atoms with van der Waals surface area (Å²) in [6.45, 7) is 0. The van der Waals surface area contributed by atoms with Crippen LogP contribution < -0.4 is 5.56 Å². The summed E-state index contributed by atoms with van der Waals surface area (Å²) in [6.07, 6.45) is 1.65. The van der Waals surface area contributed by atoms with Crippen LogP contribution in [0.1, 0.15) is 0 Å². The summed E-state index contributed by atoms with van der Waals surface area (Å²) in [7, 11) is 0. The molecular weight excluding hydrogens is 231 g/mol. The van der Waals surface area contributed by atoms with Gasteiger partial charge in [0.2, 0.25) is 0 Å². The summed E-state index contributed by atoms with van der Waals surface area (Å²) in [5.41, 5.74) is 1.44. The van der Waals surface area contributed by atoms with Crippen molar-refractivity contribution in [1.82, 2.24) is 9.38 Å². The van der Waals surface area contributed by atoms with Gasteiger partial charge in [0.25, 0.3) is 5.56 Å². The number of aromatic nitrogens is 2. The maximum atomic E-state index is 13.2. The van der Waals surface area contributed by atoms with Crippen LogP contribution in [0, 0.1) is 5.82 Å². The number of hydrogen-bond acceptors (Lipinski definition) is 2. The third-order valence-electron chi connectivity index (χ3n) is 2.69. The zero-order chi connectivity index (χ0) is 12.5. The molecule has 0 aliphatic rings. The lowest BCUT2D eigenvalue weighted by molar-refractivity contribution is 0.628. The number of halogens is 1. The minimum atomic E-state index is -0.345. The number of hydrogen-bond donors (Lipinski definition) is 0. The average molecular weight is 240 g/mol. The highest BCUT2D eigenvalue weighted by atomic mass is 19.1. The number of rotatable bonds is 1. The molecule has 88 valence electrons. The molecule has 1 aromatic carbocycles. The van der Waals surface area contributed by atoms with Crippen LogP contribution in [0.4, 0.5) is 4.39 Å². The quantitative estimate of drug-likeness (QED) is 0.655. The van der Waals surface area contributed by atoms with Gasteiger partial charge in [0.15, 0.2) is 0 Å². The zero-order valence-corrected chi connectivity index (χ0v) is 9.38. The van der Waals surface area contributed by atoms with Crippen LogP contribution in [-0.2, 0) is 0 Å². The molecule has 18 heavy (non-hydrogen) atoms. The van der Waals surface area contributed by atoms with Gasteiger partial charge in [0.1, 0.15) is 11.5 Å². The Labute approximate surface area is 102 Å². The van der Waals surface area contributed by atoms with Crippen molar-refractivity contribution in [2.45, 2.75) is 0 Å². The van der Waals surface area contributed by atoms with Crippen molar-refractivity contribution < 1.29 is 4.39 Å². The van der Waals surface area contributed by atoms with Crippen LogP contribution in [0.25, 0.3) is 16.9 Å². The van der Waals surface area contributed by atoms with Crippen LogP contribution in [0.15, 0.2) is 59.5 Å². The third kappa shape index (κ3) is 1.78. The molecule has 0 spiro atoms. The summed E-state index contributed by atoms with van der Waals surface area (Å²) < 4.78 is 14.6. The van der Waals surface area contributed by atoms with E-state index in [1.54, 1.807) is 36.5 Å². The van der Waals surface area contributed by atoms with E-state index in [9.17, 15) is 9.18 Å². The summed E-state index contributed by atoms with van der Waals surface area (Å²) in [6, 6.07) is 12.8. The SMILES string of the molecule is O=c1cc(-c2cccc(F)c2)nc2ccccn12. The largest absolute Gasteiger partial charge is 0.269 e. The van der Waals surface area contributed by atoms with Crippen molar-refractivity contribution in [3.05, 3.63) is 70.9 Å². The molecule has 2 aromatic heterocycles. The van der Waals surface area contributed by atoms with Crippen LogP contribution in [0.2, 0.25) is 0 Å². The molecule has 3 rings (SSSR count). The molecule has 0 saturated carbocycles. The number of pyridine rings is 1. The first kappa shape index (κ1) is 10.7. The normalized spacial score (nSPS) is 10.7. The summed E-state index contributed by atoms with van der Waals surface area (Å²) in [5.74, 6) is -0.345. The minimum absolute atomic E-state index is 0.181. The van der Waals surface area contributed by atoms with Crippen molar-refractivity contribution in [1.29, 1.82) is 0 Å². The van der Waals surface area contributed by atoms with Gasteiger partial charge in [-0.3, -0.25) is 9.20 Å². The summed E-state index contributed by atoms with van der Waals surface area (Å²) in [4.78, 5) is 16.2. The van der Waals surface area contributed by atoms with Crippen LogP contribution >= 0.6 is 0 Å². The third-order valence-corrected chi connectivity index (χ3v) is 2.69. The minimum Gasteiger partial charge on any atom is -0.269 e. The van der Waals surface area contributed by atoms with E-state index >= 15 is 0 Å². The first-order chi connectivity index (χ1) is 8.74. The highest BCUT2D eigenvalue weighted by Gasteiger charge is 2.04. The number of nitrogens with zero attached hydrogens (tertiary/aromatic N) is 2. The van der Waals surface area contributed by atoms with Crippen LogP contribution in [-0.4, -0.2) is 9.38 Å². The lowest BCUT2D eigenvalue weighted by Gasteiger charge is -2.03. The molecule has 0 bridgehead atoms. The molecule has 0 N–H and O–H groups in total. The van der Waals surface area contributed by atoms with E-state index in [0.29, 0.717) is 16.9 Å². The molecule has 3 nitrogen and oxygen atoms in total. The van der Waals surface area contributed by atoms with Gasteiger partial charge in [-0.1, -0.05) is 18.2 Å². The standard InChI is InChI=1S/C14H9FN2O/c15-11-5-3-4-10(8-11)12-9-14(18)17-7-2-1-6-13(17)16-12/h1-9H. The molecule has 0 radical (unpaired) electrons. The van der Waals surface area contributed by atoms with Gasteiger partial charge in [-0.15, -0.1) is 0 Å². The summed E-state index contributed by atoms with van der Waals surface area (Å²) >= 11 is 0. The maximum Gasteiger partial charge on any atom is 0.258 e. The van der Waals surface area contributed by atoms with Gasteiger partial charge in [0.05, 0.1) is 5.69 Å². The van der Waals surface area contributed by atoms with Gasteiger partial charge in [-0.25, -0.2) is 9.37 Å². The van der Waals surface area contributed by atoms with E-state index in [4.69, 9.17) is 0 Å². The highest BCUT2D eigenvalue weighted by Crippen LogP contribution is 2.16. The Morgan fingerprint density at radius 2 is 1.94 bits per heavy atom. The molecule has 0 aliphatic carbocycles. The van der Waals surface area contributed by atoms with Gasteiger partial charge < -0.3 is 0 Å². The molecule has 0 aliphatic heterocycles. The second-order valence-corrected chi connectivity index (χ2v) is 3.92. The van der Waals surface area contributed by atoms with E-state index in [-0.39, 0.29) is 11.4 Å². The van der Waals surface area contributed by atoms with E-state index in [1.165, 1.54) is 22.6 Å². The maximum absolute atomic E-state index is 13.2. The predicted octanol–water partition coefficient (Wildman–Crippen LogP) is 2.50. The zero-order valence-electron chi connectivity index (χ0n) is 9.38. The fourth-order valence-corrected chi connectivity index (χ4v) is 1.85. The average Bonchev–Trinajstić information content (AvgIpc) is 2.39. The molecule has 0 fully saturated rings. The second-order valence-electron chi connectivity index (χ2n) is 3.92. The van der Waals surface area contributed by atoms with Gasteiger partial charge in [-0.2, -0.15) is 0 Å².